The Bertz CT molecular complexity index is 781. The number of nitrogens with two attached hydrogens (primary N) is 1. The molecule has 1 atom stereocenters. The van der Waals surface area contributed by atoms with E-state index in [1.54, 1.807) is 19.1 Å². The third-order valence-electron chi connectivity index (χ3n) is 3.46. The van der Waals surface area contributed by atoms with Crippen LogP contribution >= 0.6 is 0 Å². The normalized spacial score (nSPS) is 11.8. The van der Waals surface area contributed by atoms with E-state index in [9.17, 15) is 23.7 Å². The van der Waals surface area contributed by atoms with Gasteiger partial charge in [-0.25, -0.2) is 0 Å². The summed E-state index contributed by atoms with van der Waals surface area (Å²) in [5.74, 6) is -0.750. The molecule has 25 heavy (non-hydrogen) atoms. The minimum atomic E-state index is -2.91. The summed E-state index contributed by atoms with van der Waals surface area (Å²) < 4.78 is 28.6. The number of hydrogen-bond donors (Lipinski definition) is 2. The van der Waals surface area contributed by atoms with Crippen molar-refractivity contribution in [2.75, 3.05) is 5.32 Å². The van der Waals surface area contributed by atoms with Crippen LogP contribution < -0.4 is 15.8 Å². The highest BCUT2D eigenvalue weighted by Gasteiger charge is 2.18. The molecule has 2 aromatic carbocycles. The first-order valence-corrected chi connectivity index (χ1v) is 7.17. The van der Waals surface area contributed by atoms with Crippen LogP contribution in [0.5, 0.6) is 5.75 Å². The largest absolute Gasteiger partial charge is 0.435 e. The number of carbonyl (C=O) groups is 1. The fourth-order valence-corrected chi connectivity index (χ4v) is 2.21. The Kier molecular flexibility index (Phi) is 5.48. The monoisotopic (exact) mass is 351 g/mol. The maximum atomic E-state index is 12.1. The predicted octanol–water partition coefficient (Wildman–Crippen LogP) is 3.47. The lowest BCUT2D eigenvalue weighted by Gasteiger charge is -2.16. The number of primary amides is 1. The third-order valence-corrected chi connectivity index (χ3v) is 3.46. The summed E-state index contributed by atoms with van der Waals surface area (Å²) >= 11 is 0. The maximum absolute atomic E-state index is 12.1. The number of ether oxygens (including phenoxy) is 1. The molecule has 0 saturated heterocycles. The zero-order valence-corrected chi connectivity index (χ0v) is 13.1. The van der Waals surface area contributed by atoms with Gasteiger partial charge in [0, 0.05) is 17.7 Å². The van der Waals surface area contributed by atoms with Gasteiger partial charge in [0.15, 0.2) is 0 Å². The molecule has 7 nitrogen and oxygen atoms in total. The molecule has 3 N–H and O–H groups in total. The number of amides is 1. The maximum Gasteiger partial charge on any atom is 0.387 e. The quantitative estimate of drug-likeness (QED) is 0.587. The molecule has 0 aliphatic carbocycles. The van der Waals surface area contributed by atoms with Gasteiger partial charge in [-0.3, -0.25) is 14.9 Å². The van der Waals surface area contributed by atoms with E-state index in [1.165, 1.54) is 24.3 Å². The van der Waals surface area contributed by atoms with Crippen molar-refractivity contribution in [2.45, 2.75) is 19.6 Å². The van der Waals surface area contributed by atoms with E-state index < -0.39 is 17.4 Å². The average molecular weight is 351 g/mol. The van der Waals surface area contributed by atoms with Crippen LogP contribution in [0.3, 0.4) is 0 Å². The molecule has 0 aliphatic rings. The van der Waals surface area contributed by atoms with Crippen molar-refractivity contribution in [3.05, 3.63) is 63.7 Å². The van der Waals surface area contributed by atoms with E-state index in [1.807, 2.05) is 0 Å². The molecule has 0 bridgehead atoms. The van der Waals surface area contributed by atoms with Crippen molar-refractivity contribution in [2.24, 2.45) is 5.73 Å². The van der Waals surface area contributed by atoms with Gasteiger partial charge in [-0.05, 0) is 36.8 Å². The highest BCUT2D eigenvalue weighted by molar-refractivity contribution is 5.94. The summed E-state index contributed by atoms with van der Waals surface area (Å²) in [6.45, 7) is -1.16. The van der Waals surface area contributed by atoms with Gasteiger partial charge < -0.3 is 15.8 Å². The van der Waals surface area contributed by atoms with Crippen LogP contribution in [0.2, 0.25) is 0 Å². The lowest BCUT2D eigenvalue weighted by molar-refractivity contribution is -0.384. The van der Waals surface area contributed by atoms with Crippen molar-refractivity contribution in [3.63, 3.8) is 0 Å². The first kappa shape index (κ1) is 18.1. The van der Waals surface area contributed by atoms with Crippen LogP contribution in [-0.2, 0) is 0 Å². The van der Waals surface area contributed by atoms with Crippen LogP contribution in [-0.4, -0.2) is 17.4 Å². The Labute approximate surface area is 141 Å². The van der Waals surface area contributed by atoms with E-state index in [4.69, 9.17) is 5.73 Å². The molecule has 0 unspecified atom stereocenters. The fraction of sp³-hybridized carbons (Fsp3) is 0.188. The molecule has 0 heterocycles. The minimum absolute atomic E-state index is 0.0164. The summed E-state index contributed by atoms with van der Waals surface area (Å²) in [7, 11) is 0. The molecule has 2 rings (SSSR count). The molecule has 0 aromatic heterocycles. The average Bonchev–Trinajstić information content (AvgIpc) is 2.54. The second-order valence-corrected chi connectivity index (χ2v) is 5.17. The van der Waals surface area contributed by atoms with Crippen molar-refractivity contribution in [1.82, 2.24) is 0 Å². The number of nitrogens with one attached hydrogen (secondary N) is 1. The van der Waals surface area contributed by atoms with Gasteiger partial charge >= 0.3 is 6.61 Å². The zero-order chi connectivity index (χ0) is 18.6. The topological polar surface area (TPSA) is 107 Å². The molecule has 0 aliphatic heterocycles. The van der Waals surface area contributed by atoms with Crippen LogP contribution in [0.4, 0.5) is 20.2 Å². The van der Waals surface area contributed by atoms with Gasteiger partial charge in [-0.2, -0.15) is 8.78 Å². The van der Waals surface area contributed by atoms with Gasteiger partial charge in [0.05, 0.1) is 4.92 Å². The second-order valence-electron chi connectivity index (χ2n) is 5.17. The van der Waals surface area contributed by atoms with Gasteiger partial charge in [0.2, 0.25) is 5.91 Å². The number of alkyl halides is 2. The number of benzene rings is 2. The molecule has 1 amide bonds. The summed E-state index contributed by atoms with van der Waals surface area (Å²) in [6, 6.07) is 9.40. The van der Waals surface area contributed by atoms with Crippen molar-refractivity contribution >= 4 is 17.3 Å². The van der Waals surface area contributed by atoms with Crippen molar-refractivity contribution < 1.29 is 23.2 Å². The van der Waals surface area contributed by atoms with Crippen molar-refractivity contribution in [3.8, 4) is 5.75 Å². The summed E-state index contributed by atoms with van der Waals surface area (Å²) in [5.41, 5.74) is 5.77. The number of anilines is 1. The SMILES string of the molecule is C[C@@H](Nc1ccc(C(N)=O)cc1[N+](=O)[O-])c1ccc(OC(F)F)cc1. The molecule has 132 valence electrons. The van der Waals surface area contributed by atoms with E-state index in [0.29, 0.717) is 5.56 Å². The first-order chi connectivity index (χ1) is 11.8. The highest BCUT2D eigenvalue weighted by Crippen LogP contribution is 2.29. The van der Waals surface area contributed by atoms with Crippen molar-refractivity contribution in [1.29, 1.82) is 0 Å². The number of rotatable bonds is 7. The Hall–Kier alpha value is -3.23. The van der Waals surface area contributed by atoms with Gasteiger partial charge in [-0.15, -0.1) is 0 Å². The zero-order valence-electron chi connectivity index (χ0n) is 13.1. The summed E-state index contributed by atoms with van der Waals surface area (Å²) in [5, 5.41) is 14.1. The number of nitro benzene ring substituents is 1. The Balaban J connectivity index is 2.20. The Morgan fingerprint density at radius 1 is 1.24 bits per heavy atom. The summed E-state index contributed by atoms with van der Waals surface area (Å²) in [4.78, 5) is 21.7. The lowest BCUT2D eigenvalue weighted by Crippen LogP contribution is -2.13. The number of halogens is 2. The van der Waals surface area contributed by atoms with E-state index in [0.717, 1.165) is 6.07 Å². The number of nitrogens with zero attached hydrogens (tertiary/aromatic N) is 1. The molecule has 2 aromatic rings. The molecular weight excluding hydrogens is 336 g/mol. The Morgan fingerprint density at radius 3 is 2.40 bits per heavy atom. The van der Waals surface area contributed by atoms with Gasteiger partial charge in [-0.1, -0.05) is 12.1 Å². The molecule has 9 heteroatoms. The highest BCUT2D eigenvalue weighted by atomic mass is 19.3. The van der Waals surface area contributed by atoms with Crippen LogP contribution in [0, 0.1) is 10.1 Å². The van der Waals surface area contributed by atoms with E-state index >= 15 is 0 Å². The first-order valence-electron chi connectivity index (χ1n) is 7.17. The number of carbonyl (C=O) groups excluding carboxylic acids is 1. The van der Waals surface area contributed by atoms with Gasteiger partial charge in [0.1, 0.15) is 11.4 Å². The number of nitro groups is 1. The molecule has 0 fully saturated rings. The Morgan fingerprint density at radius 2 is 1.88 bits per heavy atom. The lowest BCUT2D eigenvalue weighted by atomic mass is 10.1. The second kappa shape index (κ2) is 7.56. The molecule has 0 saturated carbocycles. The molecule has 0 radical (unpaired) electrons. The fourth-order valence-electron chi connectivity index (χ4n) is 2.21. The standard InChI is InChI=1S/C16H15F2N3O4/c1-9(10-2-5-12(6-3-10)25-16(17)18)20-13-7-4-11(15(19)22)8-14(13)21(23)24/h2-9,16,20H,1H3,(H2,19,22)/t9-/m1/s1. The van der Waals surface area contributed by atoms with Crippen LogP contribution in [0.15, 0.2) is 42.5 Å². The molecule has 0 spiro atoms. The third kappa shape index (κ3) is 4.63. The van der Waals surface area contributed by atoms with E-state index in [-0.39, 0.29) is 28.7 Å². The number of hydrogen-bond acceptors (Lipinski definition) is 5. The summed E-state index contributed by atoms with van der Waals surface area (Å²) in [6.07, 6.45) is 0. The van der Waals surface area contributed by atoms with Gasteiger partial charge in [0.25, 0.3) is 5.69 Å². The minimum Gasteiger partial charge on any atom is -0.435 e. The molecular formula is C16H15F2N3O4. The smallest absolute Gasteiger partial charge is 0.387 e. The van der Waals surface area contributed by atoms with Crippen LogP contribution in [0.25, 0.3) is 0 Å². The van der Waals surface area contributed by atoms with Crippen LogP contribution in [0.1, 0.15) is 28.9 Å². The predicted molar refractivity (Wildman–Crippen MR) is 86.7 cm³/mol. The van der Waals surface area contributed by atoms with E-state index in [2.05, 4.69) is 10.1 Å².